The topological polar surface area (TPSA) is 122 Å². The molecule has 0 atom stereocenters. The lowest BCUT2D eigenvalue weighted by Gasteiger charge is -2.20. The van der Waals surface area contributed by atoms with Crippen LogP contribution in [0.3, 0.4) is 0 Å². The fourth-order valence-corrected chi connectivity index (χ4v) is 6.45. The van der Waals surface area contributed by atoms with Gasteiger partial charge in [-0.25, -0.2) is 16.8 Å². The number of benzene rings is 2. The van der Waals surface area contributed by atoms with Crippen molar-refractivity contribution in [1.29, 1.82) is 0 Å². The molecule has 2 aromatic carbocycles. The predicted molar refractivity (Wildman–Crippen MR) is 132 cm³/mol. The first-order valence-corrected chi connectivity index (χ1v) is 14.1. The fourth-order valence-electron chi connectivity index (χ4n) is 3.79. The second-order valence-electron chi connectivity index (χ2n) is 8.17. The molecular weight excluding hydrogens is 494 g/mol. The maximum Gasteiger partial charge on any atom is 0.243 e. The third-order valence-electron chi connectivity index (χ3n) is 5.77. The highest BCUT2D eigenvalue weighted by Crippen LogP contribution is 2.30. The second-order valence-corrected chi connectivity index (χ2v) is 12.2. The molecule has 10 nitrogen and oxygen atoms in total. The van der Waals surface area contributed by atoms with Crippen LogP contribution in [-0.2, 0) is 24.8 Å². The van der Waals surface area contributed by atoms with Crippen molar-refractivity contribution in [2.45, 2.75) is 35.5 Å². The third-order valence-corrected chi connectivity index (χ3v) is 9.48. The molecule has 1 N–H and O–H groups in total. The van der Waals surface area contributed by atoms with E-state index in [1.54, 1.807) is 0 Å². The maximum absolute atomic E-state index is 12.9. The van der Waals surface area contributed by atoms with Crippen LogP contribution in [0.2, 0.25) is 0 Å². The largest absolute Gasteiger partial charge is 0.493 e. The average molecular weight is 526 g/mol. The van der Waals surface area contributed by atoms with Crippen LogP contribution in [0.4, 0.5) is 5.69 Å². The van der Waals surface area contributed by atoms with Crippen molar-refractivity contribution in [3.8, 4) is 11.5 Å². The molecule has 0 aromatic heterocycles. The number of sulfonamides is 2. The Bertz CT molecular complexity index is 1240. The Morgan fingerprint density at radius 2 is 1.46 bits per heavy atom. The van der Waals surface area contributed by atoms with Gasteiger partial charge in [-0.3, -0.25) is 4.79 Å². The number of methoxy groups -OCH3 is 2. The summed E-state index contributed by atoms with van der Waals surface area (Å²) in [7, 11) is -3.43. The molecule has 1 amide bonds. The monoisotopic (exact) mass is 525 g/mol. The van der Waals surface area contributed by atoms with Crippen LogP contribution in [0.25, 0.3) is 0 Å². The van der Waals surface area contributed by atoms with Crippen LogP contribution in [0.15, 0.2) is 52.3 Å². The zero-order valence-corrected chi connectivity index (χ0v) is 21.7. The molecule has 1 fully saturated rings. The molecule has 0 spiro atoms. The number of likely N-dealkylation sites (N-methyl/N-ethyl adjacent to an activating group) is 1. The Balaban J connectivity index is 1.66. The lowest BCUT2D eigenvalue weighted by molar-refractivity contribution is -0.116. The van der Waals surface area contributed by atoms with Gasteiger partial charge in [0.1, 0.15) is 0 Å². The van der Waals surface area contributed by atoms with Gasteiger partial charge in [0.25, 0.3) is 0 Å². The lowest BCUT2D eigenvalue weighted by atomic mass is 10.2. The molecule has 0 unspecified atom stereocenters. The summed E-state index contributed by atoms with van der Waals surface area (Å²) in [4.78, 5) is 12.6. The highest BCUT2D eigenvalue weighted by molar-refractivity contribution is 7.89. The minimum absolute atomic E-state index is 0.0477. The number of carbonyl (C=O) groups excluding carboxylic acids is 1. The van der Waals surface area contributed by atoms with Gasteiger partial charge in [-0.2, -0.15) is 8.61 Å². The smallest absolute Gasteiger partial charge is 0.243 e. The van der Waals surface area contributed by atoms with Gasteiger partial charge < -0.3 is 14.8 Å². The summed E-state index contributed by atoms with van der Waals surface area (Å²) in [5, 5.41) is 2.61. The minimum Gasteiger partial charge on any atom is -0.493 e. The molecule has 0 bridgehead atoms. The molecule has 0 radical (unpaired) electrons. The molecule has 2 aromatic rings. The van der Waals surface area contributed by atoms with Crippen molar-refractivity contribution in [3.05, 3.63) is 42.5 Å². The summed E-state index contributed by atoms with van der Waals surface area (Å²) in [6, 6.07) is 10.0. The van der Waals surface area contributed by atoms with Crippen molar-refractivity contribution in [3.63, 3.8) is 0 Å². The highest BCUT2D eigenvalue weighted by Gasteiger charge is 2.26. The molecule has 35 heavy (non-hydrogen) atoms. The van der Waals surface area contributed by atoms with Gasteiger partial charge >= 0.3 is 0 Å². The number of ether oxygens (including phenoxy) is 2. The molecule has 1 aliphatic rings. The Hall–Kier alpha value is -2.67. The van der Waals surface area contributed by atoms with Gasteiger partial charge in [0.15, 0.2) is 11.5 Å². The van der Waals surface area contributed by atoms with E-state index < -0.39 is 32.5 Å². The molecule has 1 saturated heterocycles. The number of anilines is 1. The SMILES string of the molecule is COc1ccc(S(=O)(=O)N(C)CC(=O)Nc2ccc(S(=O)(=O)N3CCCCCC3)cc2)cc1OC. The summed E-state index contributed by atoms with van der Waals surface area (Å²) >= 11 is 0. The van der Waals surface area contributed by atoms with Gasteiger partial charge in [0.05, 0.1) is 30.6 Å². The normalized spacial score (nSPS) is 15.4. The fraction of sp³-hybridized carbons (Fsp3) is 0.435. The standard InChI is InChI=1S/C23H31N3O7S2/c1-25(34(28,29)20-12-13-21(32-2)22(16-20)33-3)17-23(27)24-18-8-10-19(11-9-18)35(30,31)26-14-6-4-5-7-15-26/h8-13,16H,4-7,14-15,17H2,1-3H3,(H,24,27). The van der Waals surface area contributed by atoms with Crippen molar-refractivity contribution < 1.29 is 31.1 Å². The van der Waals surface area contributed by atoms with Crippen molar-refractivity contribution >= 4 is 31.6 Å². The Kier molecular flexibility index (Phi) is 8.75. The van der Waals surface area contributed by atoms with Gasteiger partial charge in [-0.05, 0) is 49.2 Å². The number of amides is 1. The van der Waals surface area contributed by atoms with Gasteiger partial charge in [0, 0.05) is 31.9 Å². The molecule has 1 heterocycles. The molecule has 1 aliphatic heterocycles. The lowest BCUT2D eigenvalue weighted by Crippen LogP contribution is -2.35. The first-order valence-electron chi connectivity index (χ1n) is 11.2. The van der Waals surface area contributed by atoms with E-state index in [1.807, 2.05) is 0 Å². The number of hydrogen-bond donors (Lipinski definition) is 1. The number of nitrogens with one attached hydrogen (secondary N) is 1. The summed E-state index contributed by atoms with van der Waals surface area (Å²) in [5.41, 5.74) is 0.363. The van der Waals surface area contributed by atoms with E-state index in [9.17, 15) is 21.6 Å². The number of rotatable bonds is 9. The maximum atomic E-state index is 12.9. The summed E-state index contributed by atoms with van der Waals surface area (Å²) < 4.78 is 64.3. The molecule has 192 valence electrons. The van der Waals surface area contributed by atoms with Crippen molar-refractivity contribution in [2.24, 2.45) is 0 Å². The Labute approximate surface area is 206 Å². The van der Waals surface area contributed by atoms with Crippen LogP contribution in [-0.4, -0.2) is 72.3 Å². The summed E-state index contributed by atoms with van der Waals surface area (Å²) in [6.07, 6.45) is 3.72. The second kappa shape index (κ2) is 11.4. The van der Waals surface area contributed by atoms with E-state index in [-0.39, 0.29) is 15.5 Å². The summed E-state index contributed by atoms with van der Waals surface area (Å²) in [5.74, 6) is 0.0643. The summed E-state index contributed by atoms with van der Waals surface area (Å²) in [6.45, 7) is 0.563. The zero-order valence-electron chi connectivity index (χ0n) is 20.1. The van der Waals surface area contributed by atoms with Crippen LogP contribution in [0, 0.1) is 0 Å². The predicted octanol–water partition coefficient (Wildman–Crippen LogP) is 2.53. The molecule has 3 rings (SSSR count). The van der Waals surface area contributed by atoms with Crippen molar-refractivity contribution in [1.82, 2.24) is 8.61 Å². The van der Waals surface area contributed by atoms with E-state index in [1.165, 1.54) is 68.0 Å². The van der Waals surface area contributed by atoms with Crippen molar-refractivity contribution in [2.75, 3.05) is 46.2 Å². The van der Waals surface area contributed by atoms with E-state index in [4.69, 9.17) is 9.47 Å². The number of nitrogens with zero attached hydrogens (tertiary/aromatic N) is 2. The van der Waals surface area contributed by atoms with E-state index >= 15 is 0 Å². The third kappa shape index (κ3) is 6.31. The highest BCUT2D eigenvalue weighted by atomic mass is 32.2. The van der Waals surface area contributed by atoms with Crippen LogP contribution < -0.4 is 14.8 Å². The molecular formula is C23H31N3O7S2. The van der Waals surface area contributed by atoms with Crippen LogP contribution >= 0.6 is 0 Å². The van der Waals surface area contributed by atoms with Gasteiger partial charge in [0.2, 0.25) is 26.0 Å². The molecule has 0 aliphatic carbocycles. The van der Waals surface area contributed by atoms with E-state index in [0.29, 0.717) is 24.5 Å². The Morgan fingerprint density at radius 1 is 0.886 bits per heavy atom. The van der Waals surface area contributed by atoms with Gasteiger partial charge in [-0.15, -0.1) is 0 Å². The van der Waals surface area contributed by atoms with Gasteiger partial charge in [-0.1, -0.05) is 12.8 Å². The average Bonchev–Trinajstić information content (AvgIpc) is 3.14. The van der Waals surface area contributed by atoms with E-state index in [0.717, 1.165) is 30.0 Å². The molecule has 12 heteroatoms. The van der Waals surface area contributed by atoms with Crippen LogP contribution in [0.5, 0.6) is 11.5 Å². The van der Waals surface area contributed by atoms with E-state index in [2.05, 4.69) is 5.32 Å². The zero-order chi connectivity index (χ0) is 25.6. The quantitative estimate of drug-likeness (QED) is 0.534. The minimum atomic E-state index is -3.97. The number of hydrogen-bond acceptors (Lipinski definition) is 7. The first kappa shape index (κ1) is 26.9. The molecule has 0 saturated carbocycles. The van der Waals surface area contributed by atoms with Crippen LogP contribution in [0.1, 0.15) is 25.7 Å². The Morgan fingerprint density at radius 3 is 2.03 bits per heavy atom. The first-order chi connectivity index (χ1) is 16.6. The number of carbonyl (C=O) groups is 1.